The Hall–Kier alpha value is -1.40. The van der Waals surface area contributed by atoms with Gasteiger partial charge in [0.2, 0.25) is 5.91 Å². The summed E-state index contributed by atoms with van der Waals surface area (Å²) in [5.74, 6) is 0.171. The quantitative estimate of drug-likeness (QED) is 0.846. The first-order chi connectivity index (χ1) is 10.5. The van der Waals surface area contributed by atoms with Crippen LogP contribution in [-0.2, 0) is 18.4 Å². The summed E-state index contributed by atoms with van der Waals surface area (Å²) in [5.41, 5.74) is 3.25. The first-order valence-corrected chi connectivity index (χ1v) is 8.08. The smallest absolute Gasteiger partial charge is 0.239 e. The number of rotatable bonds is 6. The highest BCUT2D eigenvalue weighted by Gasteiger charge is 2.28. The van der Waals surface area contributed by atoms with E-state index in [0.29, 0.717) is 13.1 Å². The molecule has 1 aliphatic heterocycles. The van der Waals surface area contributed by atoms with Gasteiger partial charge in [-0.05, 0) is 33.6 Å². The summed E-state index contributed by atoms with van der Waals surface area (Å²) in [7, 11) is 1.93. The molecule has 0 unspecified atom stereocenters. The Kier molecular flexibility index (Phi) is 5.58. The lowest BCUT2D eigenvalue weighted by Crippen LogP contribution is -2.47. The molecule has 0 aromatic carbocycles. The maximum absolute atomic E-state index is 12.6. The summed E-state index contributed by atoms with van der Waals surface area (Å²) in [5, 5.41) is 13.8. The van der Waals surface area contributed by atoms with Gasteiger partial charge in [0, 0.05) is 44.5 Å². The number of hydrogen-bond acceptors (Lipinski definition) is 4. The third-order valence-corrected chi connectivity index (χ3v) is 4.73. The summed E-state index contributed by atoms with van der Waals surface area (Å²) in [6.45, 7) is 8.89. The summed E-state index contributed by atoms with van der Waals surface area (Å²) in [4.78, 5) is 16.6. The van der Waals surface area contributed by atoms with E-state index in [4.69, 9.17) is 0 Å². The maximum Gasteiger partial charge on any atom is 0.239 e. The molecule has 2 rings (SSSR count). The third kappa shape index (κ3) is 3.50. The lowest BCUT2D eigenvalue weighted by Gasteiger charge is -2.30. The van der Waals surface area contributed by atoms with Crippen LogP contribution in [0.1, 0.15) is 36.7 Å². The minimum absolute atomic E-state index is 0.0516. The fourth-order valence-electron chi connectivity index (χ4n) is 3.15. The lowest BCUT2D eigenvalue weighted by atomic mass is 10.1. The molecule has 124 valence electrons. The van der Waals surface area contributed by atoms with Gasteiger partial charge in [0.1, 0.15) is 0 Å². The Morgan fingerprint density at radius 2 is 2.00 bits per heavy atom. The van der Waals surface area contributed by atoms with Gasteiger partial charge >= 0.3 is 0 Å². The van der Waals surface area contributed by atoms with Crippen molar-refractivity contribution in [2.75, 3.05) is 26.2 Å². The highest BCUT2D eigenvalue weighted by Crippen LogP contribution is 2.18. The van der Waals surface area contributed by atoms with E-state index in [1.54, 1.807) is 0 Å². The van der Waals surface area contributed by atoms with Gasteiger partial charge in [-0.1, -0.05) is 0 Å². The molecule has 0 spiro atoms. The van der Waals surface area contributed by atoms with Crippen molar-refractivity contribution in [2.45, 2.75) is 46.2 Å². The topological polar surface area (TPSA) is 61.6 Å². The van der Waals surface area contributed by atoms with Crippen LogP contribution in [0.3, 0.4) is 0 Å². The SMILES string of the molecule is Cc1nn(C)c(C)c1CN(CCO)[C@@H](C)C(=O)N1CCCC1. The van der Waals surface area contributed by atoms with Crippen LogP contribution in [-0.4, -0.2) is 62.9 Å². The van der Waals surface area contributed by atoms with Crippen LogP contribution < -0.4 is 0 Å². The van der Waals surface area contributed by atoms with E-state index in [2.05, 4.69) is 10.00 Å². The molecule has 22 heavy (non-hydrogen) atoms. The van der Waals surface area contributed by atoms with Crippen molar-refractivity contribution in [3.05, 3.63) is 17.0 Å². The Morgan fingerprint density at radius 1 is 1.36 bits per heavy atom. The molecule has 0 bridgehead atoms. The van der Waals surface area contributed by atoms with E-state index in [-0.39, 0.29) is 18.6 Å². The number of nitrogens with zero attached hydrogens (tertiary/aromatic N) is 4. The number of aromatic nitrogens is 2. The molecular weight excluding hydrogens is 280 g/mol. The molecule has 1 amide bonds. The van der Waals surface area contributed by atoms with Crippen LogP contribution in [0.5, 0.6) is 0 Å². The Labute approximate surface area is 132 Å². The van der Waals surface area contributed by atoms with Gasteiger partial charge in [-0.3, -0.25) is 14.4 Å². The molecule has 1 fully saturated rings. The van der Waals surface area contributed by atoms with Crippen molar-refractivity contribution in [2.24, 2.45) is 7.05 Å². The molecule has 1 saturated heterocycles. The lowest BCUT2D eigenvalue weighted by molar-refractivity contribution is -0.135. The summed E-state index contributed by atoms with van der Waals surface area (Å²) in [6, 6.07) is -0.218. The monoisotopic (exact) mass is 308 g/mol. The van der Waals surface area contributed by atoms with Crippen LogP contribution in [0.2, 0.25) is 0 Å². The van der Waals surface area contributed by atoms with E-state index in [1.807, 2.05) is 37.4 Å². The molecule has 6 nitrogen and oxygen atoms in total. The van der Waals surface area contributed by atoms with Gasteiger partial charge in [0.25, 0.3) is 0 Å². The van der Waals surface area contributed by atoms with E-state index in [1.165, 1.54) is 0 Å². The summed E-state index contributed by atoms with van der Waals surface area (Å²) < 4.78 is 1.87. The first kappa shape index (κ1) is 17.0. The summed E-state index contributed by atoms with van der Waals surface area (Å²) >= 11 is 0. The second kappa shape index (κ2) is 7.24. The average molecular weight is 308 g/mol. The van der Waals surface area contributed by atoms with Crippen molar-refractivity contribution in [3.8, 4) is 0 Å². The number of amides is 1. The van der Waals surface area contributed by atoms with Crippen LogP contribution in [0.25, 0.3) is 0 Å². The van der Waals surface area contributed by atoms with Gasteiger partial charge in [0.05, 0.1) is 18.3 Å². The molecule has 6 heteroatoms. The first-order valence-electron chi connectivity index (χ1n) is 8.08. The maximum atomic E-state index is 12.6. The number of aliphatic hydroxyl groups is 1. The zero-order chi connectivity index (χ0) is 16.3. The van der Waals surface area contributed by atoms with Gasteiger partial charge in [0.15, 0.2) is 0 Å². The van der Waals surface area contributed by atoms with E-state index in [9.17, 15) is 9.90 Å². The number of aryl methyl sites for hydroxylation is 2. The molecule has 1 aromatic rings. The van der Waals surface area contributed by atoms with Crippen LogP contribution in [0.4, 0.5) is 0 Å². The minimum atomic E-state index is -0.218. The second-order valence-electron chi connectivity index (χ2n) is 6.18. The van der Waals surface area contributed by atoms with Crippen molar-refractivity contribution < 1.29 is 9.90 Å². The molecule has 1 N–H and O–H groups in total. The molecule has 2 heterocycles. The fraction of sp³-hybridized carbons (Fsp3) is 0.750. The zero-order valence-corrected chi connectivity index (χ0v) is 14.2. The average Bonchev–Trinajstić information content (AvgIpc) is 3.10. The Bertz CT molecular complexity index is 520. The largest absolute Gasteiger partial charge is 0.395 e. The normalized spacial score (nSPS) is 16.5. The van der Waals surface area contributed by atoms with E-state index in [0.717, 1.165) is 42.9 Å². The molecule has 0 radical (unpaired) electrons. The Morgan fingerprint density at radius 3 is 2.50 bits per heavy atom. The molecule has 1 aliphatic rings. The fourth-order valence-corrected chi connectivity index (χ4v) is 3.15. The number of carbonyl (C=O) groups is 1. The molecule has 0 saturated carbocycles. The van der Waals surface area contributed by atoms with Crippen LogP contribution in [0.15, 0.2) is 0 Å². The van der Waals surface area contributed by atoms with Crippen molar-refractivity contribution in [1.29, 1.82) is 0 Å². The third-order valence-electron chi connectivity index (χ3n) is 4.73. The highest BCUT2D eigenvalue weighted by atomic mass is 16.3. The van der Waals surface area contributed by atoms with Crippen molar-refractivity contribution in [1.82, 2.24) is 19.6 Å². The molecule has 1 atom stereocenters. The van der Waals surface area contributed by atoms with Crippen LogP contribution in [0, 0.1) is 13.8 Å². The predicted octanol–water partition coefficient (Wildman–Crippen LogP) is 0.842. The van der Waals surface area contributed by atoms with Crippen molar-refractivity contribution in [3.63, 3.8) is 0 Å². The molecular formula is C16H28N4O2. The molecule has 1 aromatic heterocycles. The van der Waals surface area contributed by atoms with Gasteiger partial charge in [-0.15, -0.1) is 0 Å². The number of likely N-dealkylation sites (tertiary alicyclic amines) is 1. The zero-order valence-electron chi connectivity index (χ0n) is 14.2. The summed E-state index contributed by atoms with van der Waals surface area (Å²) in [6.07, 6.45) is 2.19. The number of aliphatic hydroxyl groups excluding tert-OH is 1. The number of hydrogen-bond donors (Lipinski definition) is 1. The Balaban J connectivity index is 2.13. The standard InChI is InChI=1S/C16H28N4O2/c1-12-15(13(2)18(4)17-12)11-20(9-10-21)14(3)16(22)19-7-5-6-8-19/h14,21H,5-11H2,1-4H3/t14-/m0/s1. The molecule has 0 aliphatic carbocycles. The second-order valence-corrected chi connectivity index (χ2v) is 6.18. The highest BCUT2D eigenvalue weighted by molar-refractivity contribution is 5.81. The van der Waals surface area contributed by atoms with E-state index < -0.39 is 0 Å². The van der Waals surface area contributed by atoms with Gasteiger partial charge in [-0.25, -0.2) is 0 Å². The number of carbonyl (C=O) groups excluding carboxylic acids is 1. The minimum Gasteiger partial charge on any atom is -0.395 e. The van der Waals surface area contributed by atoms with Gasteiger partial charge in [-0.2, -0.15) is 5.10 Å². The van der Waals surface area contributed by atoms with E-state index >= 15 is 0 Å². The van der Waals surface area contributed by atoms with Crippen molar-refractivity contribution >= 4 is 5.91 Å². The van der Waals surface area contributed by atoms with Gasteiger partial charge < -0.3 is 10.0 Å². The predicted molar refractivity (Wildman–Crippen MR) is 85.5 cm³/mol. The van der Waals surface area contributed by atoms with Crippen LogP contribution >= 0.6 is 0 Å².